The maximum absolute atomic E-state index is 13.1. The number of para-hydroxylation sites is 1. The number of hydrogen-bond acceptors (Lipinski definition) is 4. The minimum Gasteiger partial charge on any atom is -0.352 e. The molecule has 0 saturated carbocycles. The summed E-state index contributed by atoms with van der Waals surface area (Å²) in [4.78, 5) is 12.6. The van der Waals surface area contributed by atoms with E-state index in [4.69, 9.17) is 0 Å². The van der Waals surface area contributed by atoms with Crippen LogP contribution in [0.3, 0.4) is 0 Å². The number of aromatic nitrogens is 2. The Bertz CT molecular complexity index is 1340. The zero-order chi connectivity index (χ0) is 23.3. The van der Waals surface area contributed by atoms with Gasteiger partial charge >= 0.3 is 0 Å². The Balaban J connectivity index is 1.39. The van der Waals surface area contributed by atoms with Crippen LogP contribution in [0.5, 0.6) is 0 Å². The largest absolute Gasteiger partial charge is 0.352 e. The highest BCUT2D eigenvalue weighted by Gasteiger charge is 2.18. The molecule has 0 aliphatic carbocycles. The quantitative estimate of drug-likeness (QED) is 0.415. The molecule has 168 valence electrons. The normalized spacial score (nSPS) is 11.2. The third kappa shape index (κ3) is 5.45. The minimum atomic E-state index is -3.98. The summed E-state index contributed by atoms with van der Waals surface area (Å²) in [5.41, 5.74) is 2.31. The summed E-state index contributed by atoms with van der Waals surface area (Å²) in [6.07, 6.45) is 4.17. The number of amides is 1. The molecule has 9 heteroatoms. The molecule has 33 heavy (non-hydrogen) atoms. The summed E-state index contributed by atoms with van der Waals surface area (Å²) >= 11 is 0. The topological polar surface area (TPSA) is 93.1 Å². The fourth-order valence-electron chi connectivity index (χ4n) is 3.24. The Morgan fingerprint density at radius 3 is 2.36 bits per heavy atom. The monoisotopic (exact) mass is 464 g/mol. The van der Waals surface area contributed by atoms with E-state index in [0.717, 1.165) is 35.5 Å². The van der Waals surface area contributed by atoms with Gasteiger partial charge in [0.1, 0.15) is 5.82 Å². The van der Waals surface area contributed by atoms with Gasteiger partial charge in [0.15, 0.2) is 0 Å². The van der Waals surface area contributed by atoms with Gasteiger partial charge in [0.05, 0.1) is 21.8 Å². The highest BCUT2D eigenvalue weighted by molar-refractivity contribution is 7.92. The van der Waals surface area contributed by atoms with Crippen LogP contribution in [0.1, 0.15) is 15.9 Å². The van der Waals surface area contributed by atoms with Crippen LogP contribution in [0.15, 0.2) is 96.2 Å². The molecule has 0 saturated heterocycles. The first-order chi connectivity index (χ1) is 15.9. The summed E-state index contributed by atoms with van der Waals surface area (Å²) in [6, 6.07) is 20.5. The third-order valence-corrected chi connectivity index (χ3v) is 6.33. The minimum absolute atomic E-state index is 0.0994. The lowest BCUT2D eigenvalue weighted by molar-refractivity contribution is 0.0955. The smallest absolute Gasteiger partial charge is 0.261 e. The van der Waals surface area contributed by atoms with E-state index in [1.54, 1.807) is 23.0 Å². The fourth-order valence-corrected chi connectivity index (χ4v) is 4.32. The van der Waals surface area contributed by atoms with Gasteiger partial charge < -0.3 is 5.32 Å². The Labute approximate surface area is 190 Å². The van der Waals surface area contributed by atoms with Crippen LogP contribution in [0.2, 0.25) is 0 Å². The summed E-state index contributed by atoms with van der Waals surface area (Å²) in [5, 5.41) is 7.01. The lowest BCUT2D eigenvalue weighted by Gasteiger charge is -2.13. The molecule has 1 aromatic heterocycles. The van der Waals surface area contributed by atoms with Crippen molar-refractivity contribution in [1.82, 2.24) is 15.1 Å². The molecule has 1 amide bonds. The van der Waals surface area contributed by atoms with Crippen molar-refractivity contribution < 1.29 is 17.6 Å². The highest BCUT2D eigenvalue weighted by Crippen LogP contribution is 2.20. The standard InChI is InChI=1S/C24H21FN4O3S/c25-19-8-12-21(13-9-19)33(31,32)28-23-5-2-1-4-22(23)24(30)26-16-14-18-6-10-20(11-7-18)29-17-3-15-27-29/h1-13,15,17,28H,14,16H2,(H,26,30). The molecule has 7 nitrogen and oxygen atoms in total. The predicted molar refractivity (Wildman–Crippen MR) is 123 cm³/mol. The second-order valence-electron chi connectivity index (χ2n) is 7.23. The third-order valence-electron chi connectivity index (χ3n) is 4.94. The van der Waals surface area contributed by atoms with E-state index >= 15 is 0 Å². The van der Waals surface area contributed by atoms with Crippen LogP contribution < -0.4 is 10.0 Å². The molecule has 0 fully saturated rings. The van der Waals surface area contributed by atoms with Crippen molar-refractivity contribution in [1.29, 1.82) is 0 Å². The summed E-state index contributed by atoms with van der Waals surface area (Å²) < 4.78 is 42.6. The van der Waals surface area contributed by atoms with E-state index in [-0.39, 0.29) is 16.1 Å². The molecule has 0 aliphatic rings. The van der Waals surface area contributed by atoms with Crippen LogP contribution in [0.25, 0.3) is 5.69 Å². The van der Waals surface area contributed by atoms with Gasteiger partial charge in [-0.05, 0) is 66.6 Å². The van der Waals surface area contributed by atoms with Crippen molar-refractivity contribution in [3.8, 4) is 5.69 Å². The van der Waals surface area contributed by atoms with Gasteiger partial charge in [-0.15, -0.1) is 0 Å². The molecule has 4 rings (SSSR count). The lowest BCUT2D eigenvalue weighted by atomic mass is 10.1. The zero-order valence-corrected chi connectivity index (χ0v) is 18.3. The molecular weight excluding hydrogens is 443 g/mol. The van der Waals surface area contributed by atoms with Gasteiger partial charge in [-0.1, -0.05) is 24.3 Å². The van der Waals surface area contributed by atoms with E-state index in [2.05, 4.69) is 15.1 Å². The number of nitrogens with one attached hydrogen (secondary N) is 2. The summed E-state index contributed by atoms with van der Waals surface area (Å²) in [5.74, 6) is -0.940. The zero-order valence-electron chi connectivity index (χ0n) is 17.5. The molecule has 0 bridgehead atoms. The number of hydrogen-bond donors (Lipinski definition) is 2. The summed E-state index contributed by atoms with van der Waals surface area (Å²) in [7, 11) is -3.98. The van der Waals surface area contributed by atoms with Gasteiger partial charge in [0, 0.05) is 18.9 Å². The van der Waals surface area contributed by atoms with Gasteiger partial charge in [0.25, 0.3) is 15.9 Å². The van der Waals surface area contributed by atoms with Crippen LogP contribution in [-0.2, 0) is 16.4 Å². The first-order valence-electron chi connectivity index (χ1n) is 10.2. The van der Waals surface area contributed by atoms with Gasteiger partial charge in [-0.3, -0.25) is 9.52 Å². The second-order valence-corrected chi connectivity index (χ2v) is 8.91. The number of rotatable bonds is 8. The van der Waals surface area contributed by atoms with Crippen molar-refractivity contribution in [2.75, 3.05) is 11.3 Å². The van der Waals surface area contributed by atoms with Gasteiger partial charge in [0.2, 0.25) is 0 Å². The van der Waals surface area contributed by atoms with E-state index in [1.165, 1.54) is 12.1 Å². The summed E-state index contributed by atoms with van der Waals surface area (Å²) in [6.45, 7) is 0.374. The first-order valence-corrected chi connectivity index (χ1v) is 11.7. The fraction of sp³-hybridized carbons (Fsp3) is 0.0833. The molecule has 0 unspecified atom stereocenters. The van der Waals surface area contributed by atoms with Crippen LogP contribution >= 0.6 is 0 Å². The van der Waals surface area contributed by atoms with Crippen molar-refractivity contribution in [2.24, 2.45) is 0 Å². The van der Waals surface area contributed by atoms with E-state index in [0.29, 0.717) is 13.0 Å². The predicted octanol–water partition coefficient (Wildman–Crippen LogP) is 3.78. The molecule has 2 N–H and O–H groups in total. The Morgan fingerprint density at radius 1 is 0.939 bits per heavy atom. The number of anilines is 1. The van der Waals surface area contributed by atoms with Crippen LogP contribution in [0, 0.1) is 5.82 Å². The average Bonchev–Trinajstić information content (AvgIpc) is 3.35. The molecule has 4 aromatic rings. The van der Waals surface area contributed by atoms with Crippen molar-refractivity contribution in [2.45, 2.75) is 11.3 Å². The SMILES string of the molecule is O=C(NCCc1ccc(-n2cccn2)cc1)c1ccccc1NS(=O)(=O)c1ccc(F)cc1. The Kier molecular flexibility index (Phi) is 6.50. The highest BCUT2D eigenvalue weighted by atomic mass is 32.2. The second kappa shape index (κ2) is 9.66. The van der Waals surface area contributed by atoms with Crippen LogP contribution in [0.4, 0.5) is 10.1 Å². The number of benzene rings is 3. The Morgan fingerprint density at radius 2 is 1.67 bits per heavy atom. The molecule has 3 aromatic carbocycles. The van der Waals surface area contributed by atoms with Gasteiger partial charge in [-0.2, -0.15) is 5.10 Å². The maximum atomic E-state index is 13.1. The van der Waals surface area contributed by atoms with Crippen molar-refractivity contribution in [3.05, 3.63) is 108 Å². The number of nitrogens with zero attached hydrogens (tertiary/aromatic N) is 2. The van der Waals surface area contributed by atoms with Crippen LogP contribution in [-0.4, -0.2) is 30.7 Å². The molecule has 0 atom stereocenters. The Hall–Kier alpha value is -3.98. The number of carbonyl (C=O) groups excluding carboxylic acids is 1. The van der Waals surface area contributed by atoms with E-state index in [9.17, 15) is 17.6 Å². The number of halogens is 1. The lowest BCUT2D eigenvalue weighted by Crippen LogP contribution is -2.27. The molecule has 1 heterocycles. The molecule has 0 aliphatic heterocycles. The molecular formula is C24H21FN4O3S. The van der Waals surface area contributed by atoms with E-state index in [1.807, 2.05) is 36.5 Å². The van der Waals surface area contributed by atoms with Crippen molar-refractivity contribution in [3.63, 3.8) is 0 Å². The molecule has 0 spiro atoms. The molecule has 0 radical (unpaired) electrons. The number of carbonyl (C=O) groups is 1. The van der Waals surface area contributed by atoms with Gasteiger partial charge in [-0.25, -0.2) is 17.5 Å². The number of sulfonamides is 1. The average molecular weight is 465 g/mol. The first kappa shape index (κ1) is 22.2. The maximum Gasteiger partial charge on any atom is 0.261 e. The van der Waals surface area contributed by atoms with Crippen molar-refractivity contribution >= 4 is 21.6 Å². The van der Waals surface area contributed by atoms with E-state index < -0.39 is 21.7 Å².